The predicted molar refractivity (Wildman–Crippen MR) is 72.9 cm³/mol. The van der Waals surface area contributed by atoms with E-state index in [4.69, 9.17) is 5.11 Å². The first-order valence-corrected chi connectivity index (χ1v) is 6.01. The van der Waals surface area contributed by atoms with Gasteiger partial charge in [-0.1, -0.05) is 19.1 Å². The number of aryl methyl sites for hydroxylation is 1. The molecule has 1 heterocycles. The van der Waals surface area contributed by atoms with Crippen LogP contribution in [-0.4, -0.2) is 28.1 Å². The first kappa shape index (κ1) is 13.0. The van der Waals surface area contributed by atoms with Crippen molar-refractivity contribution in [2.75, 3.05) is 11.9 Å². The van der Waals surface area contributed by atoms with E-state index >= 15 is 0 Å². The number of carboxylic acid groups (broad SMARTS) is 1. The van der Waals surface area contributed by atoms with Crippen molar-refractivity contribution in [2.45, 2.75) is 13.3 Å². The molecular formula is C14H15N3O2. The maximum Gasteiger partial charge on any atom is 0.354 e. The van der Waals surface area contributed by atoms with Gasteiger partial charge in [-0.05, 0) is 30.2 Å². The minimum absolute atomic E-state index is 0.0120. The van der Waals surface area contributed by atoms with E-state index in [0.717, 1.165) is 12.1 Å². The van der Waals surface area contributed by atoms with Crippen molar-refractivity contribution in [3.05, 3.63) is 47.8 Å². The van der Waals surface area contributed by atoms with Gasteiger partial charge in [-0.2, -0.15) is 0 Å². The van der Waals surface area contributed by atoms with Crippen LogP contribution in [0.4, 0.5) is 11.6 Å². The maximum atomic E-state index is 10.9. The number of aromatic nitrogens is 2. The summed E-state index contributed by atoms with van der Waals surface area (Å²) in [6, 6.07) is 9.38. The molecule has 0 aliphatic rings. The highest BCUT2D eigenvalue weighted by Gasteiger charge is 2.10. The van der Waals surface area contributed by atoms with E-state index in [1.807, 2.05) is 31.3 Å². The quantitative estimate of drug-likeness (QED) is 0.911. The molecule has 0 aliphatic carbocycles. The van der Waals surface area contributed by atoms with Crippen LogP contribution in [0.25, 0.3) is 0 Å². The monoisotopic (exact) mass is 257 g/mol. The Kier molecular flexibility index (Phi) is 3.75. The lowest BCUT2D eigenvalue weighted by Gasteiger charge is -2.17. The van der Waals surface area contributed by atoms with Gasteiger partial charge in [0.05, 0.1) is 0 Å². The summed E-state index contributed by atoms with van der Waals surface area (Å²) in [6.45, 7) is 2.10. The molecule has 19 heavy (non-hydrogen) atoms. The Balaban J connectivity index is 2.29. The summed E-state index contributed by atoms with van der Waals surface area (Å²) in [6.07, 6.45) is 2.43. The molecule has 0 aliphatic heterocycles. The Morgan fingerprint density at radius 2 is 1.95 bits per heavy atom. The first-order chi connectivity index (χ1) is 9.11. The first-order valence-electron chi connectivity index (χ1n) is 6.01. The molecule has 0 unspecified atom stereocenters. The van der Waals surface area contributed by atoms with E-state index in [2.05, 4.69) is 16.9 Å². The van der Waals surface area contributed by atoms with Crippen LogP contribution in [0.5, 0.6) is 0 Å². The Bertz CT molecular complexity index is 581. The zero-order valence-corrected chi connectivity index (χ0v) is 10.9. The highest BCUT2D eigenvalue weighted by molar-refractivity contribution is 5.85. The van der Waals surface area contributed by atoms with E-state index in [-0.39, 0.29) is 5.69 Å². The molecule has 98 valence electrons. The normalized spacial score (nSPS) is 10.2. The predicted octanol–water partition coefficient (Wildman–Crippen LogP) is 2.51. The molecule has 2 aromatic rings. The van der Waals surface area contributed by atoms with E-state index in [1.165, 1.54) is 17.8 Å². The summed E-state index contributed by atoms with van der Waals surface area (Å²) >= 11 is 0. The molecule has 5 nitrogen and oxygen atoms in total. The van der Waals surface area contributed by atoms with E-state index in [9.17, 15) is 4.79 Å². The van der Waals surface area contributed by atoms with Gasteiger partial charge in [-0.15, -0.1) is 0 Å². The summed E-state index contributed by atoms with van der Waals surface area (Å²) in [7, 11) is 1.81. The fraction of sp³-hybridized carbons (Fsp3) is 0.214. The number of benzene rings is 1. The van der Waals surface area contributed by atoms with Gasteiger partial charge in [-0.3, -0.25) is 0 Å². The van der Waals surface area contributed by atoms with Gasteiger partial charge in [-0.25, -0.2) is 14.8 Å². The summed E-state index contributed by atoms with van der Waals surface area (Å²) in [5.41, 5.74) is 2.15. The molecule has 2 rings (SSSR count). The molecule has 0 atom stereocenters. The van der Waals surface area contributed by atoms with Crippen molar-refractivity contribution in [3.8, 4) is 0 Å². The molecule has 0 bridgehead atoms. The molecule has 1 aromatic heterocycles. The Morgan fingerprint density at radius 3 is 2.53 bits per heavy atom. The molecule has 5 heteroatoms. The van der Waals surface area contributed by atoms with Gasteiger partial charge in [0.15, 0.2) is 5.69 Å². The van der Waals surface area contributed by atoms with E-state index < -0.39 is 5.97 Å². The highest BCUT2D eigenvalue weighted by Crippen LogP contribution is 2.20. The summed E-state index contributed by atoms with van der Waals surface area (Å²) < 4.78 is 0. The number of rotatable bonds is 4. The Hall–Kier alpha value is -2.43. The minimum atomic E-state index is -1.06. The van der Waals surface area contributed by atoms with Crippen LogP contribution in [0, 0.1) is 0 Å². The third kappa shape index (κ3) is 2.88. The van der Waals surface area contributed by atoms with Crippen molar-refractivity contribution in [2.24, 2.45) is 0 Å². The molecule has 0 radical (unpaired) electrons. The fourth-order valence-corrected chi connectivity index (χ4v) is 1.70. The lowest BCUT2D eigenvalue weighted by Crippen LogP contribution is -2.15. The fourth-order valence-electron chi connectivity index (χ4n) is 1.70. The zero-order chi connectivity index (χ0) is 13.8. The van der Waals surface area contributed by atoms with Crippen LogP contribution >= 0.6 is 0 Å². The van der Waals surface area contributed by atoms with Gasteiger partial charge in [0, 0.05) is 18.9 Å². The molecule has 0 spiro atoms. The number of nitrogens with zero attached hydrogens (tertiary/aromatic N) is 3. The highest BCUT2D eigenvalue weighted by atomic mass is 16.4. The lowest BCUT2D eigenvalue weighted by molar-refractivity contribution is 0.0690. The van der Waals surface area contributed by atoms with Crippen molar-refractivity contribution < 1.29 is 9.90 Å². The standard InChI is InChI=1S/C14H15N3O2/c1-3-10-4-6-11(7-5-10)17(2)14-15-9-8-12(16-14)13(18)19/h4-9H,3H2,1-2H3,(H,18,19). The zero-order valence-electron chi connectivity index (χ0n) is 10.9. The number of anilines is 2. The van der Waals surface area contributed by atoms with Gasteiger partial charge in [0.2, 0.25) is 5.95 Å². The lowest BCUT2D eigenvalue weighted by atomic mass is 10.1. The topological polar surface area (TPSA) is 66.3 Å². The molecule has 0 saturated carbocycles. The van der Waals surface area contributed by atoms with Crippen LogP contribution in [0.15, 0.2) is 36.5 Å². The largest absolute Gasteiger partial charge is 0.477 e. The number of aromatic carboxylic acids is 1. The molecule has 1 aromatic carbocycles. The van der Waals surface area contributed by atoms with Crippen molar-refractivity contribution >= 4 is 17.6 Å². The maximum absolute atomic E-state index is 10.9. The molecule has 0 saturated heterocycles. The Morgan fingerprint density at radius 1 is 1.26 bits per heavy atom. The molecule has 1 N–H and O–H groups in total. The van der Waals surface area contributed by atoms with Gasteiger partial charge in [0.25, 0.3) is 0 Å². The van der Waals surface area contributed by atoms with Gasteiger partial charge < -0.3 is 10.0 Å². The second-order valence-electron chi connectivity index (χ2n) is 4.13. The van der Waals surface area contributed by atoms with Crippen LogP contribution < -0.4 is 4.90 Å². The van der Waals surface area contributed by atoms with Gasteiger partial charge >= 0.3 is 5.97 Å². The Labute approximate surface area is 111 Å². The van der Waals surface area contributed by atoms with Gasteiger partial charge in [0.1, 0.15) is 0 Å². The van der Waals surface area contributed by atoms with Crippen LogP contribution in [-0.2, 0) is 6.42 Å². The molecule has 0 amide bonds. The smallest absolute Gasteiger partial charge is 0.354 e. The van der Waals surface area contributed by atoms with Crippen LogP contribution in [0.1, 0.15) is 23.0 Å². The third-order valence-electron chi connectivity index (χ3n) is 2.89. The third-order valence-corrected chi connectivity index (χ3v) is 2.89. The van der Waals surface area contributed by atoms with Crippen LogP contribution in [0.3, 0.4) is 0 Å². The summed E-state index contributed by atoms with van der Waals surface area (Å²) in [5.74, 6) is -0.692. The second-order valence-corrected chi connectivity index (χ2v) is 4.13. The van der Waals surface area contributed by atoms with Crippen molar-refractivity contribution in [3.63, 3.8) is 0 Å². The van der Waals surface area contributed by atoms with Crippen molar-refractivity contribution in [1.29, 1.82) is 0 Å². The van der Waals surface area contributed by atoms with E-state index in [0.29, 0.717) is 5.95 Å². The SMILES string of the molecule is CCc1ccc(N(C)c2nccc(C(=O)O)n2)cc1. The average molecular weight is 257 g/mol. The average Bonchev–Trinajstić information content (AvgIpc) is 2.46. The minimum Gasteiger partial charge on any atom is -0.477 e. The van der Waals surface area contributed by atoms with E-state index in [1.54, 1.807) is 4.90 Å². The second kappa shape index (κ2) is 5.48. The molecular weight excluding hydrogens is 242 g/mol. The number of carbonyl (C=O) groups is 1. The van der Waals surface area contributed by atoms with Crippen molar-refractivity contribution in [1.82, 2.24) is 9.97 Å². The number of carboxylic acids is 1. The molecule has 0 fully saturated rings. The summed E-state index contributed by atoms with van der Waals surface area (Å²) in [5, 5.41) is 8.92. The number of hydrogen-bond donors (Lipinski definition) is 1. The summed E-state index contributed by atoms with van der Waals surface area (Å²) in [4.78, 5) is 20.7. The number of hydrogen-bond acceptors (Lipinski definition) is 4. The van der Waals surface area contributed by atoms with Crippen LogP contribution in [0.2, 0.25) is 0 Å².